The van der Waals surface area contributed by atoms with Crippen molar-refractivity contribution in [2.24, 2.45) is 0 Å². The first-order valence-corrected chi connectivity index (χ1v) is 5.85. The number of anilines is 3. The van der Waals surface area contributed by atoms with Crippen molar-refractivity contribution in [1.82, 2.24) is 9.97 Å². The molecule has 1 heterocycles. The van der Waals surface area contributed by atoms with Crippen LogP contribution in [-0.2, 0) is 4.74 Å². The van der Waals surface area contributed by atoms with Gasteiger partial charge in [-0.2, -0.15) is 9.97 Å². The second kappa shape index (κ2) is 6.90. The van der Waals surface area contributed by atoms with Crippen LogP contribution in [0.1, 0.15) is 20.8 Å². The van der Waals surface area contributed by atoms with Crippen LogP contribution in [0, 0.1) is 0 Å². The molecular formula is C11H21N5O. The maximum atomic E-state index is 5.61. The van der Waals surface area contributed by atoms with Gasteiger partial charge in [0, 0.05) is 19.2 Å². The van der Waals surface area contributed by atoms with E-state index < -0.39 is 0 Å². The number of ether oxygens (including phenoxy) is 1. The molecule has 17 heavy (non-hydrogen) atoms. The van der Waals surface area contributed by atoms with Crippen molar-refractivity contribution in [3.63, 3.8) is 0 Å². The molecule has 0 unspecified atom stereocenters. The molecule has 0 aliphatic rings. The minimum atomic E-state index is 0.240. The molecule has 0 spiro atoms. The lowest BCUT2D eigenvalue weighted by Gasteiger charge is -2.10. The lowest BCUT2D eigenvalue weighted by molar-refractivity contribution is 0.0870. The second-order valence-electron chi connectivity index (χ2n) is 3.87. The van der Waals surface area contributed by atoms with Crippen LogP contribution in [-0.4, -0.2) is 35.8 Å². The summed E-state index contributed by atoms with van der Waals surface area (Å²) >= 11 is 0. The molecule has 0 amide bonds. The smallest absolute Gasteiger partial charge is 0.223 e. The van der Waals surface area contributed by atoms with E-state index in [2.05, 4.69) is 20.6 Å². The normalized spacial score (nSPS) is 10.6. The van der Waals surface area contributed by atoms with Crippen LogP contribution in [0.25, 0.3) is 0 Å². The topological polar surface area (TPSA) is 85.1 Å². The molecular weight excluding hydrogens is 218 g/mol. The summed E-state index contributed by atoms with van der Waals surface area (Å²) in [5.41, 5.74) is 5.61. The maximum Gasteiger partial charge on any atom is 0.223 e. The summed E-state index contributed by atoms with van der Waals surface area (Å²) in [7, 11) is 0. The fourth-order valence-electron chi connectivity index (χ4n) is 1.30. The third-order valence-corrected chi connectivity index (χ3v) is 1.96. The van der Waals surface area contributed by atoms with Crippen molar-refractivity contribution in [3.8, 4) is 0 Å². The number of nitrogens with two attached hydrogens (primary N) is 1. The number of rotatable bonds is 7. The van der Waals surface area contributed by atoms with E-state index >= 15 is 0 Å². The van der Waals surface area contributed by atoms with Crippen LogP contribution in [0.5, 0.6) is 0 Å². The minimum absolute atomic E-state index is 0.240. The first kappa shape index (κ1) is 13.5. The molecule has 0 saturated heterocycles. The minimum Gasteiger partial charge on any atom is -0.377 e. The first-order chi connectivity index (χ1) is 8.11. The van der Waals surface area contributed by atoms with Crippen LogP contribution >= 0.6 is 0 Å². The molecule has 1 aromatic rings. The van der Waals surface area contributed by atoms with Crippen molar-refractivity contribution >= 4 is 17.6 Å². The van der Waals surface area contributed by atoms with E-state index in [1.165, 1.54) is 0 Å². The second-order valence-corrected chi connectivity index (χ2v) is 3.87. The molecule has 0 aliphatic heterocycles. The average Bonchev–Trinajstić information content (AvgIpc) is 2.24. The van der Waals surface area contributed by atoms with Crippen molar-refractivity contribution in [1.29, 1.82) is 0 Å². The average molecular weight is 239 g/mol. The zero-order valence-electron chi connectivity index (χ0n) is 10.7. The van der Waals surface area contributed by atoms with E-state index in [9.17, 15) is 0 Å². The van der Waals surface area contributed by atoms with Crippen molar-refractivity contribution in [3.05, 3.63) is 6.07 Å². The van der Waals surface area contributed by atoms with Gasteiger partial charge in [0.05, 0.1) is 12.7 Å². The van der Waals surface area contributed by atoms with E-state index in [0.717, 1.165) is 12.4 Å². The fraction of sp³-hybridized carbons (Fsp3) is 0.636. The van der Waals surface area contributed by atoms with Gasteiger partial charge in [-0.15, -0.1) is 0 Å². The van der Waals surface area contributed by atoms with Crippen LogP contribution < -0.4 is 16.4 Å². The van der Waals surface area contributed by atoms with E-state index in [1.54, 1.807) is 0 Å². The quantitative estimate of drug-likeness (QED) is 0.622. The predicted molar refractivity (Wildman–Crippen MR) is 70.2 cm³/mol. The van der Waals surface area contributed by atoms with E-state index in [1.807, 2.05) is 26.8 Å². The highest BCUT2D eigenvalue weighted by atomic mass is 16.5. The Morgan fingerprint density at radius 3 is 2.53 bits per heavy atom. The molecule has 0 aromatic carbocycles. The summed E-state index contributed by atoms with van der Waals surface area (Å²) in [5, 5.41) is 6.24. The van der Waals surface area contributed by atoms with Crippen molar-refractivity contribution in [2.75, 3.05) is 36.1 Å². The van der Waals surface area contributed by atoms with E-state index in [4.69, 9.17) is 10.5 Å². The first-order valence-electron chi connectivity index (χ1n) is 5.85. The molecule has 1 rings (SSSR count). The lowest BCUT2D eigenvalue weighted by Crippen LogP contribution is -2.14. The summed E-state index contributed by atoms with van der Waals surface area (Å²) < 4.78 is 5.42. The molecule has 0 radical (unpaired) electrons. The number of hydrogen-bond acceptors (Lipinski definition) is 6. The van der Waals surface area contributed by atoms with Gasteiger partial charge in [0.2, 0.25) is 5.95 Å². The molecule has 0 saturated carbocycles. The number of nitrogens with one attached hydrogen (secondary N) is 2. The molecule has 0 aliphatic carbocycles. The van der Waals surface area contributed by atoms with Gasteiger partial charge < -0.3 is 21.1 Å². The third kappa shape index (κ3) is 5.35. The number of hydrogen-bond donors (Lipinski definition) is 3. The Bertz CT molecular complexity index is 343. The molecule has 1 aromatic heterocycles. The highest BCUT2D eigenvalue weighted by Gasteiger charge is 2.01. The van der Waals surface area contributed by atoms with Crippen molar-refractivity contribution < 1.29 is 4.74 Å². The molecule has 6 nitrogen and oxygen atoms in total. The summed E-state index contributed by atoms with van der Waals surface area (Å²) in [6, 6.07) is 1.83. The Balaban J connectivity index is 2.46. The van der Waals surface area contributed by atoms with Gasteiger partial charge in [0.15, 0.2) is 0 Å². The van der Waals surface area contributed by atoms with Crippen molar-refractivity contribution in [2.45, 2.75) is 26.9 Å². The van der Waals surface area contributed by atoms with Gasteiger partial charge in [-0.3, -0.25) is 0 Å². The summed E-state index contributed by atoms with van der Waals surface area (Å²) in [6.45, 7) is 8.14. The van der Waals surface area contributed by atoms with Crippen LogP contribution in [0.4, 0.5) is 17.6 Å². The van der Waals surface area contributed by atoms with Gasteiger partial charge in [0.25, 0.3) is 0 Å². The van der Waals surface area contributed by atoms with Gasteiger partial charge in [-0.25, -0.2) is 0 Å². The largest absolute Gasteiger partial charge is 0.377 e. The van der Waals surface area contributed by atoms with Crippen LogP contribution in [0.2, 0.25) is 0 Å². The van der Waals surface area contributed by atoms with Gasteiger partial charge >= 0.3 is 0 Å². The molecule has 96 valence electrons. The number of nitrogens with zero attached hydrogens (tertiary/aromatic N) is 2. The zero-order chi connectivity index (χ0) is 12.7. The van der Waals surface area contributed by atoms with Gasteiger partial charge in [0.1, 0.15) is 11.6 Å². The Hall–Kier alpha value is -1.56. The third-order valence-electron chi connectivity index (χ3n) is 1.96. The number of aromatic nitrogens is 2. The Kier molecular flexibility index (Phi) is 5.48. The van der Waals surface area contributed by atoms with Gasteiger partial charge in [-0.1, -0.05) is 0 Å². The SMILES string of the molecule is CCNc1cc(NCCOC(C)C)nc(N)n1. The molecule has 4 N–H and O–H groups in total. The Labute approximate surface area is 102 Å². The Morgan fingerprint density at radius 1 is 1.29 bits per heavy atom. The molecule has 0 bridgehead atoms. The zero-order valence-corrected chi connectivity index (χ0v) is 10.7. The Morgan fingerprint density at radius 2 is 1.94 bits per heavy atom. The molecule has 0 atom stereocenters. The maximum absolute atomic E-state index is 5.61. The summed E-state index contributed by atoms with van der Waals surface area (Å²) in [6.07, 6.45) is 0.240. The van der Waals surface area contributed by atoms with Crippen LogP contribution in [0.15, 0.2) is 6.07 Å². The monoisotopic (exact) mass is 239 g/mol. The summed E-state index contributed by atoms with van der Waals surface area (Å²) in [4.78, 5) is 8.16. The highest BCUT2D eigenvalue weighted by molar-refractivity contribution is 5.50. The summed E-state index contributed by atoms with van der Waals surface area (Å²) in [5.74, 6) is 1.70. The standard InChI is InChI=1S/C11H21N5O/c1-4-13-9-7-10(16-11(12)15-9)14-5-6-17-8(2)3/h7-8H,4-6H2,1-3H3,(H4,12,13,14,15,16). The highest BCUT2D eigenvalue weighted by Crippen LogP contribution is 2.11. The lowest BCUT2D eigenvalue weighted by atomic mass is 10.4. The van der Waals surface area contributed by atoms with Crippen LogP contribution in [0.3, 0.4) is 0 Å². The van der Waals surface area contributed by atoms with E-state index in [-0.39, 0.29) is 12.1 Å². The molecule has 0 fully saturated rings. The molecule has 6 heteroatoms. The number of nitrogen functional groups attached to an aromatic ring is 1. The predicted octanol–water partition coefficient (Wildman–Crippen LogP) is 1.33. The fourth-order valence-corrected chi connectivity index (χ4v) is 1.30. The van der Waals surface area contributed by atoms with E-state index in [0.29, 0.717) is 19.0 Å². The van der Waals surface area contributed by atoms with Gasteiger partial charge in [-0.05, 0) is 20.8 Å².